The normalized spacial score (nSPS) is 19.4. The topological polar surface area (TPSA) is 67.3 Å². The molecule has 1 amide bonds. The van der Waals surface area contributed by atoms with Crippen LogP contribution in [0.1, 0.15) is 35.4 Å². The highest BCUT2D eigenvalue weighted by molar-refractivity contribution is 6.42. The third-order valence-corrected chi connectivity index (χ3v) is 7.15. The molecule has 1 aliphatic carbocycles. The van der Waals surface area contributed by atoms with E-state index >= 15 is 0 Å². The number of fused-ring (bicyclic) bond motifs is 3. The van der Waals surface area contributed by atoms with Crippen LogP contribution in [-0.4, -0.2) is 47.2 Å². The molecule has 1 N–H and O–H groups in total. The molecule has 2 unspecified atom stereocenters. The van der Waals surface area contributed by atoms with Crippen LogP contribution in [-0.2, 0) is 11.2 Å². The summed E-state index contributed by atoms with van der Waals surface area (Å²) in [5.74, 6) is 0.728. The van der Waals surface area contributed by atoms with E-state index in [-0.39, 0.29) is 18.1 Å². The Morgan fingerprint density at radius 3 is 2.85 bits per heavy atom. The van der Waals surface area contributed by atoms with Gasteiger partial charge in [0.25, 0.3) is 0 Å². The van der Waals surface area contributed by atoms with Crippen LogP contribution in [0.2, 0.25) is 10.0 Å². The molecule has 5 rings (SSSR count). The number of hydrogen-bond acceptors (Lipinski definition) is 5. The Kier molecular flexibility index (Phi) is 6.13. The quantitative estimate of drug-likeness (QED) is 0.512. The van der Waals surface area contributed by atoms with Crippen molar-refractivity contribution in [2.45, 2.75) is 31.2 Å². The van der Waals surface area contributed by atoms with Gasteiger partial charge in [-0.3, -0.25) is 0 Å². The molecule has 1 saturated heterocycles. The molecule has 2 aromatic carbocycles. The molecule has 0 spiro atoms. The minimum atomic E-state index is -0.296. The largest absolute Gasteiger partial charge is 0.453 e. The molecule has 2 heterocycles. The predicted molar refractivity (Wildman–Crippen MR) is 130 cm³/mol. The van der Waals surface area contributed by atoms with E-state index in [0.29, 0.717) is 29.1 Å². The third-order valence-electron chi connectivity index (χ3n) is 6.41. The second kappa shape index (κ2) is 9.20. The van der Waals surface area contributed by atoms with Crippen LogP contribution < -0.4 is 5.32 Å². The molecular weight excluding hydrogens is 459 g/mol. The fraction of sp³-hybridized carbons (Fsp3) is 0.320. The van der Waals surface area contributed by atoms with E-state index in [1.807, 2.05) is 30.5 Å². The lowest BCUT2D eigenvalue weighted by atomic mass is 9.78. The highest BCUT2D eigenvalue weighted by Crippen LogP contribution is 2.42. The third kappa shape index (κ3) is 4.37. The van der Waals surface area contributed by atoms with Gasteiger partial charge in [-0.05, 0) is 48.1 Å². The first-order valence-electron chi connectivity index (χ1n) is 11.0. The van der Waals surface area contributed by atoms with Gasteiger partial charge in [0.15, 0.2) is 0 Å². The van der Waals surface area contributed by atoms with Gasteiger partial charge in [0.1, 0.15) is 0 Å². The molecule has 1 fully saturated rings. The Bertz CT molecular complexity index is 1200. The van der Waals surface area contributed by atoms with Gasteiger partial charge in [0, 0.05) is 36.8 Å². The number of halogens is 2. The fourth-order valence-electron chi connectivity index (χ4n) is 4.80. The predicted octanol–water partition coefficient (Wildman–Crippen LogP) is 5.78. The van der Waals surface area contributed by atoms with Gasteiger partial charge in [-0.15, -0.1) is 0 Å². The summed E-state index contributed by atoms with van der Waals surface area (Å²) in [5.41, 5.74) is 5.47. The Balaban J connectivity index is 1.43. The van der Waals surface area contributed by atoms with Crippen molar-refractivity contribution in [2.24, 2.45) is 0 Å². The number of piperidine rings is 1. The number of benzene rings is 2. The van der Waals surface area contributed by atoms with E-state index in [1.54, 1.807) is 4.90 Å². The van der Waals surface area contributed by atoms with Crippen LogP contribution in [0, 0.1) is 0 Å². The van der Waals surface area contributed by atoms with Crippen LogP contribution in [0.4, 0.5) is 10.7 Å². The molecule has 2 aliphatic rings. The molecule has 33 heavy (non-hydrogen) atoms. The number of nitrogens with one attached hydrogen (secondary N) is 1. The molecule has 8 heteroatoms. The lowest BCUT2D eigenvalue weighted by Gasteiger charge is -2.32. The average Bonchev–Trinajstić information content (AvgIpc) is 2.85. The highest BCUT2D eigenvalue weighted by Gasteiger charge is 2.29. The Labute approximate surface area is 202 Å². The van der Waals surface area contributed by atoms with E-state index in [9.17, 15) is 4.79 Å². The van der Waals surface area contributed by atoms with Crippen LogP contribution >= 0.6 is 23.2 Å². The maximum absolute atomic E-state index is 11.9. The summed E-state index contributed by atoms with van der Waals surface area (Å²) in [7, 11) is 1.41. The summed E-state index contributed by atoms with van der Waals surface area (Å²) in [4.78, 5) is 23.1. The van der Waals surface area contributed by atoms with Crippen molar-refractivity contribution >= 4 is 35.2 Å². The molecule has 1 aromatic heterocycles. The summed E-state index contributed by atoms with van der Waals surface area (Å²) >= 11 is 12.5. The molecular formula is C25H24Cl2N4O2. The summed E-state index contributed by atoms with van der Waals surface area (Å²) < 4.78 is 4.87. The van der Waals surface area contributed by atoms with Crippen molar-refractivity contribution in [1.29, 1.82) is 0 Å². The highest BCUT2D eigenvalue weighted by atomic mass is 35.5. The van der Waals surface area contributed by atoms with Crippen LogP contribution in [0.15, 0.2) is 48.7 Å². The second-order valence-corrected chi connectivity index (χ2v) is 9.30. The first-order valence-corrected chi connectivity index (χ1v) is 11.8. The Hall–Kier alpha value is -2.83. The molecule has 6 nitrogen and oxygen atoms in total. The van der Waals surface area contributed by atoms with E-state index < -0.39 is 0 Å². The van der Waals surface area contributed by atoms with Crippen LogP contribution in [0.5, 0.6) is 0 Å². The molecule has 0 saturated carbocycles. The first-order chi connectivity index (χ1) is 16.0. The summed E-state index contributed by atoms with van der Waals surface area (Å²) in [6.45, 7) is 1.28. The van der Waals surface area contributed by atoms with Gasteiger partial charge in [-0.25, -0.2) is 14.8 Å². The van der Waals surface area contributed by atoms with Gasteiger partial charge >= 0.3 is 6.09 Å². The van der Waals surface area contributed by atoms with Crippen LogP contribution in [0.3, 0.4) is 0 Å². The van der Waals surface area contributed by atoms with Crippen molar-refractivity contribution in [2.75, 3.05) is 25.5 Å². The van der Waals surface area contributed by atoms with Gasteiger partial charge in [0.05, 0.1) is 22.8 Å². The second-order valence-electron chi connectivity index (χ2n) is 8.48. The van der Waals surface area contributed by atoms with Crippen molar-refractivity contribution in [3.05, 3.63) is 75.4 Å². The average molecular weight is 483 g/mol. The standard InChI is InChI=1S/C25H24Cl2N4O2/c1-33-25(32)31-10-4-5-17(14-31)29-24-28-13-16-11-20(15-8-9-21(26)22(27)12-15)18-6-2-3-7-19(18)23(16)30-24/h2-3,6-9,12-13,17,20H,4-5,10-11,14H2,1H3,(H,28,29,30). The zero-order chi connectivity index (χ0) is 22.9. The number of likely N-dealkylation sites (tertiary alicyclic amines) is 1. The number of nitrogens with zero attached hydrogens (tertiary/aromatic N) is 3. The van der Waals surface area contributed by atoms with E-state index in [2.05, 4.69) is 28.5 Å². The van der Waals surface area contributed by atoms with Crippen molar-refractivity contribution in [3.63, 3.8) is 0 Å². The Morgan fingerprint density at radius 1 is 1.18 bits per heavy atom. The lowest BCUT2D eigenvalue weighted by molar-refractivity contribution is 0.113. The smallest absolute Gasteiger partial charge is 0.409 e. The van der Waals surface area contributed by atoms with Crippen molar-refractivity contribution in [3.8, 4) is 11.3 Å². The monoisotopic (exact) mass is 482 g/mol. The molecule has 0 radical (unpaired) electrons. The number of amides is 1. The number of methoxy groups -OCH3 is 1. The SMILES string of the molecule is COC(=O)N1CCCC(Nc2ncc3c(n2)-c2ccccc2C(c2ccc(Cl)c(Cl)c2)C3)C1. The zero-order valence-corrected chi connectivity index (χ0v) is 19.7. The fourth-order valence-corrected chi connectivity index (χ4v) is 5.11. The van der Waals surface area contributed by atoms with Gasteiger partial charge in [0.2, 0.25) is 5.95 Å². The summed E-state index contributed by atoms with van der Waals surface area (Å²) in [5, 5.41) is 4.53. The minimum absolute atomic E-state index is 0.0821. The van der Waals surface area contributed by atoms with E-state index in [1.165, 1.54) is 12.7 Å². The van der Waals surface area contributed by atoms with Crippen molar-refractivity contribution in [1.82, 2.24) is 14.9 Å². The number of ether oxygens (including phenoxy) is 1. The van der Waals surface area contributed by atoms with E-state index in [0.717, 1.165) is 41.6 Å². The minimum Gasteiger partial charge on any atom is -0.453 e. The number of hydrogen-bond donors (Lipinski definition) is 1. The first kappa shape index (κ1) is 22.0. The van der Waals surface area contributed by atoms with Gasteiger partial charge < -0.3 is 15.0 Å². The number of carbonyl (C=O) groups is 1. The van der Waals surface area contributed by atoms with Crippen molar-refractivity contribution < 1.29 is 9.53 Å². The molecule has 2 atom stereocenters. The molecule has 0 bridgehead atoms. The van der Waals surface area contributed by atoms with E-state index in [4.69, 9.17) is 32.9 Å². The zero-order valence-electron chi connectivity index (χ0n) is 18.2. The maximum atomic E-state index is 11.9. The van der Waals surface area contributed by atoms with Crippen LogP contribution in [0.25, 0.3) is 11.3 Å². The number of rotatable bonds is 3. The molecule has 3 aromatic rings. The summed E-state index contributed by atoms with van der Waals surface area (Å²) in [6.07, 6.45) is 4.25. The number of aromatic nitrogens is 2. The van der Waals surface area contributed by atoms with Gasteiger partial charge in [-0.1, -0.05) is 53.5 Å². The Morgan fingerprint density at radius 2 is 2.03 bits per heavy atom. The maximum Gasteiger partial charge on any atom is 0.409 e. The molecule has 170 valence electrons. The number of carbonyl (C=O) groups excluding carboxylic acids is 1. The summed E-state index contributed by atoms with van der Waals surface area (Å²) in [6, 6.07) is 14.3. The number of anilines is 1. The van der Waals surface area contributed by atoms with Gasteiger partial charge in [-0.2, -0.15) is 0 Å². The lowest BCUT2D eigenvalue weighted by Crippen LogP contribution is -2.45. The molecule has 1 aliphatic heterocycles.